The molecule has 1 rings (SSSR count). The fourth-order valence-corrected chi connectivity index (χ4v) is 1.06. The van der Waals surface area contributed by atoms with Crippen LogP contribution in [0.4, 0.5) is 0 Å². The molecule has 1 aromatic heterocycles. The summed E-state index contributed by atoms with van der Waals surface area (Å²) in [7, 11) is 0. The van der Waals surface area contributed by atoms with Crippen LogP contribution in [0.1, 0.15) is 12.5 Å². The van der Waals surface area contributed by atoms with E-state index in [1.807, 2.05) is 0 Å². The number of hydrogen-bond acceptors (Lipinski definition) is 5. The summed E-state index contributed by atoms with van der Waals surface area (Å²) in [6, 6.07) is 3.53. The Hall–Kier alpha value is -1.91. The number of nitrogens with zero attached hydrogens (tertiary/aromatic N) is 2. The molecule has 0 bridgehead atoms. The van der Waals surface area contributed by atoms with Crippen molar-refractivity contribution in [1.29, 1.82) is 0 Å². The van der Waals surface area contributed by atoms with Crippen LogP contribution >= 0.6 is 0 Å². The van der Waals surface area contributed by atoms with E-state index in [1.54, 1.807) is 31.5 Å². The van der Waals surface area contributed by atoms with Gasteiger partial charge in [-0.1, -0.05) is 11.2 Å². The zero-order valence-corrected chi connectivity index (χ0v) is 8.38. The summed E-state index contributed by atoms with van der Waals surface area (Å²) in [5.74, 6) is -0.608. The monoisotopic (exact) mass is 208 g/mol. The highest BCUT2D eigenvalue weighted by atomic mass is 16.5. The minimum atomic E-state index is -0.608. The van der Waals surface area contributed by atoms with Gasteiger partial charge in [-0.15, -0.1) is 0 Å². The number of pyridine rings is 1. The second-order valence-corrected chi connectivity index (χ2v) is 2.81. The lowest BCUT2D eigenvalue weighted by molar-refractivity contribution is -0.135. The van der Waals surface area contributed by atoms with Gasteiger partial charge in [0.05, 0.1) is 6.61 Å². The van der Waals surface area contributed by atoms with Crippen LogP contribution < -0.4 is 0 Å². The number of ether oxygens (including phenoxy) is 1. The van der Waals surface area contributed by atoms with Gasteiger partial charge in [0.2, 0.25) is 0 Å². The Morgan fingerprint density at radius 1 is 1.67 bits per heavy atom. The van der Waals surface area contributed by atoms with Crippen molar-refractivity contribution in [2.45, 2.75) is 13.3 Å². The average molecular weight is 208 g/mol. The van der Waals surface area contributed by atoms with Crippen molar-refractivity contribution in [2.24, 2.45) is 5.16 Å². The van der Waals surface area contributed by atoms with Gasteiger partial charge in [-0.2, -0.15) is 0 Å². The molecule has 0 atom stereocenters. The Balaban J connectivity index is 2.67. The Labute approximate surface area is 87.4 Å². The quantitative estimate of drug-likeness (QED) is 0.347. The number of carbonyl (C=O) groups excluding carboxylic acids is 1. The molecule has 0 aliphatic carbocycles. The fourth-order valence-electron chi connectivity index (χ4n) is 1.06. The Bertz CT molecular complexity index is 349. The number of hydrogen-bond donors (Lipinski definition) is 1. The zero-order chi connectivity index (χ0) is 11.1. The van der Waals surface area contributed by atoms with Gasteiger partial charge < -0.3 is 9.94 Å². The number of esters is 1. The zero-order valence-electron chi connectivity index (χ0n) is 8.38. The highest BCUT2D eigenvalue weighted by Crippen LogP contribution is 2.00. The van der Waals surface area contributed by atoms with E-state index in [2.05, 4.69) is 10.1 Å². The number of carbonyl (C=O) groups is 1. The summed E-state index contributed by atoms with van der Waals surface area (Å²) in [4.78, 5) is 15.1. The van der Waals surface area contributed by atoms with Crippen LogP contribution in [-0.2, 0) is 16.0 Å². The first-order chi connectivity index (χ1) is 7.27. The van der Waals surface area contributed by atoms with E-state index in [0.29, 0.717) is 0 Å². The lowest BCUT2D eigenvalue weighted by Gasteiger charge is -2.03. The third-order valence-corrected chi connectivity index (χ3v) is 1.73. The largest absolute Gasteiger partial charge is 0.461 e. The standard InChI is InChI=1S/C10H12N2O3/c1-2-15-10(13)9(12-14)6-8-4-3-5-11-7-8/h3-5,7,14H,2,6H2,1H3/b12-9-. The molecule has 80 valence electrons. The molecule has 0 saturated carbocycles. The Morgan fingerprint density at radius 3 is 3.00 bits per heavy atom. The second kappa shape index (κ2) is 5.74. The molecule has 0 aromatic carbocycles. The van der Waals surface area contributed by atoms with Gasteiger partial charge in [0.1, 0.15) is 0 Å². The van der Waals surface area contributed by atoms with Crippen molar-refractivity contribution >= 4 is 11.7 Å². The summed E-state index contributed by atoms with van der Waals surface area (Å²) in [6.07, 6.45) is 3.44. The molecule has 5 heteroatoms. The maximum absolute atomic E-state index is 11.2. The third kappa shape index (κ3) is 3.38. The molecule has 5 nitrogen and oxygen atoms in total. The molecule has 0 fully saturated rings. The summed E-state index contributed by atoms with van der Waals surface area (Å²) in [6.45, 7) is 1.95. The van der Waals surface area contributed by atoms with Crippen LogP contribution in [0.2, 0.25) is 0 Å². The van der Waals surface area contributed by atoms with Crippen molar-refractivity contribution in [3.05, 3.63) is 30.1 Å². The van der Waals surface area contributed by atoms with Crippen LogP contribution in [-0.4, -0.2) is 28.5 Å². The van der Waals surface area contributed by atoms with Crippen LogP contribution in [0.5, 0.6) is 0 Å². The van der Waals surface area contributed by atoms with Gasteiger partial charge in [-0.05, 0) is 18.6 Å². The maximum Gasteiger partial charge on any atom is 0.356 e. The smallest absolute Gasteiger partial charge is 0.356 e. The van der Waals surface area contributed by atoms with Gasteiger partial charge >= 0.3 is 5.97 Å². The van der Waals surface area contributed by atoms with Crippen molar-refractivity contribution in [2.75, 3.05) is 6.61 Å². The SMILES string of the molecule is CCOC(=O)/C(Cc1cccnc1)=N\O. The Kier molecular flexibility index (Phi) is 4.28. The van der Waals surface area contributed by atoms with Gasteiger partial charge in [0.25, 0.3) is 0 Å². The molecule has 0 radical (unpaired) electrons. The van der Waals surface area contributed by atoms with E-state index in [-0.39, 0.29) is 18.7 Å². The van der Waals surface area contributed by atoms with Crippen LogP contribution in [0.3, 0.4) is 0 Å². The first kappa shape index (κ1) is 11.2. The minimum absolute atomic E-state index is 0.0233. The van der Waals surface area contributed by atoms with Crippen molar-refractivity contribution in [1.82, 2.24) is 4.98 Å². The maximum atomic E-state index is 11.2. The molecule has 15 heavy (non-hydrogen) atoms. The van der Waals surface area contributed by atoms with Crippen LogP contribution in [0, 0.1) is 0 Å². The van der Waals surface area contributed by atoms with Crippen LogP contribution in [0.15, 0.2) is 29.7 Å². The molecule has 0 spiro atoms. The predicted octanol–water partition coefficient (Wildman–Crippen LogP) is 1.02. The summed E-state index contributed by atoms with van der Waals surface area (Å²) < 4.78 is 4.72. The average Bonchev–Trinajstić information content (AvgIpc) is 2.27. The van der Waals surface area contributed by atoms with Crippen LogP contribution in [0.25, 0.3) is 0 Å². The van der Waals surface area contributed by atoms with Gasteiger partial charge in [0, 0.05) is 18.8 Å². The van der Waals surface area contributed by atoms with Crippen molar-refractivity contribution in [3.8, 4) is 0 Å². The lowest BCUT2D eigenvalue weighted by atomic mass is 10.1. The molecular formula is C10H12N2O3. The molecule has 1 aromatic rings. The lowest BCUT2D eigenvalue weighted by Crippen LogP contribution is -2.20. The van der Waals surface area contributed by atoms with Crippen molar-refractivity contribution < 1.29 is 14.7 Å². The van der Waals surface area contributed by atoms with Gasteiger partial charge in [0.15, 0.2) is 5.71 Å². The van der Waals surface area contributed by atoms with E-state index in [9.17, 15) is 4.79 Å². The van der Waals surface area contributed by atoms with Gasteiger partial charge in [-0.3, -0.25) is 4.98 Å². The summed E-state index contributed by atoms with van der Waals surface area (Å²) in [5.41, 5.74) is 0.767. The van der Waals surface area contributed by atoms with Crippen molar-refractivity contribution in [3.63, 3.8) is 0 Å². The van der Waals surface area contributed by atoms with E-state index in [0.717, 1.165) is 5.56 Å². The Morgan fingerprint density at radius 2 is 2.47 bits per heavy atom. The van der Waals surface area contributed by atoms with E-state index < -0.39 is 5.97 Å². The first-order valence-corrected chi connectivity index (χ1v) is 4.55. The predicted molar refractivity (Wildman–Crippen MR) is 53.8 cm³/mol. The molecular weight excluding hydrogens is 196 g/mol. The summed E-state index contributed by atoms with van der Waals surface area (Å²) >= 11 is 0. The second-order valence-electron chi connectivity index (χ2n) is 2.81. The minimum Gasteiger partial charge on any atom is -0.461 e. The molecule has 1 heterocycles. The first-order valence-electron chi connectivity index (χ1n) is 4.55. The molecule has 0 aliphatic rings. The van der Waals surface area contributed by atoms with Gasteiger partial charge in [-0.25, -0.2) is 4.79 Å². The number of rotatable bonds is 4. The topological polar surface area (TPSA) is 71.8 Å². The number of aromatic nitrogens is 1. The molecule has 0 saturated heterocycles. The highest BCUT2D eigenvalue weighted by Gasteiger charge is 2.13. The fraction of sp³-hybridized carbons (Fsp3) is 0.300. The molecule has 0 aliphatic heterocycles. The third-order valence-electron chi connectivity index (χ3n) is 1.73. The van der Waals surface area contributed by atoms with E-state index >= 15 is 0 Å². The summed E-state index contributed by atoms with van der Waals surface area (Å²) in [5, 5.41) is 11.6. The van der Waals surface area contributed by atoms with E-state index in [4.69, 9.17) is 9.94 Å². The highest BCUT2D eigenvalue weighted by molar-refractivity contribution is 6.36. The molecule has 1 N–H and O–H groups in total. The van der Waals surface area contributed by atoms with E-state index in [1.165, 1.54) is 0 Å². The normalized spacial score (nSPS) is 11.1. The molecule has 0 amide bonds. The molecule has 0 unspecified atom stereocenters. The number of oxime groups is 1.